The second-order valence-electron chi connectivity index (χ2n) is 16.3. The van der Waals surface area contributed by atoms with Crippen molar-refractivity contribution in [1.82, 2.24) is 0 Å². The minimum Gasteiger partial charge on any atom is -0.462 e. The SMILES string of the molecule is CC/C=C\C/C=C\C/C=C\C/C=C\C/C=C\CC(=O)OC(COC(=O)CCCCCCCCCCC)COC(=O)CCCCCCCCCC/C=C\C/C=C\C/C=C\C/C=C\CC. The normalized spacial score (nSPS) is 13.0. The number of esters is 3. The highest BCUT2D eigenvalue weighted by Crippen LogP contribution is 2.13. The van der Waals surface area contributed by atoms with Crippen molar-refractivity contribution in [3.8, 4) is 0 Å². The molecular formula is C57H92O6. The van der Waals surface area contributed by atoms with Gasteiger partial charge in [-0.25, -0.2) is 0 Å². The first-order valence-electron chi connectivity index (χ1n) is 25.4. The third kappa shape index (κ3) is 49.0. The Morgan fingerprint density at radius 3 is 1.05 bits per heavy atom. The van der Waals surface area contributed by atoms with E-state index in [1.165, 1.54) is 70.6 Å². The van der Waals surface area contributed by atoms with E-state index in [1.54, 1.807) is 6.08 Å². The minimum absolute atomic E-state index is 0.0929. The maximum absolute atomic E-state index is 12.7. The van der Waals surface area contributed by atoms with Crippen LogP contribution in [-0.2, 0) is 28.6 Å². The molecule has 0 N–H and O–H groups in total. The monoisotopic (exact) mass is 873 g/mol. The van der Waals surface area contributed by atoms with Crippen molar-refractivity contribution in [2.45, 2.75) is 219 Å². The zero-order valence-electron chi connectivity index (χ0n) is 40.5. The molecule has 6 heteroatoms. The molecule has 0 bridgehead atoms. The van der Waals surface area contributed by atoms with Gasteiger partial charge in [0.15, 0.2) is 6.10 Å². The molecular weight excluding hydrogens is 781 g/mol. The van der Waals surface area contributed by atoms with Gasteiger partial charge in [-0.15, -0.1) is 0 Å². The van der Waals surface area contributed by atoms with Crippen LogP contribution in [0.1, 0.15) is 213 Å². The molecule has 0 saturated heterocycles. The first kappa shape index (κ1) is 59.1. The lowest BCUT2D eigenvalue weighted by Crippen LogP contribution is -2.30. The fraction of sp³-hybridized carbons (Fsp3) is 0.632. The van der Waals surface area contributed by atoms with E-state index in [4.69, 9.17) is 14.2 Å². The molecule has 6 nitrogen and oxygen atoms in total. The Balaban J connectivity index is 4.43. The van der Waals surface area contributed by atoms with Crippen molar-refractivity contribution in [3.63, 3.8) is 0 Å². The van der Waals surface area contributed by atoms with Crippen molar-refractivity contribution in [2.75, 3.05) is 13.2 Å². The number of hydrogen-bond acceptors (Lipinski definition) is 6. The molecule has 0 aliphatic rings. The number of carbonyl (C=O) groups excluding carboxylic acids is 3. The fourth-order valence-electron chi connectivity index (χ4n) is 6.57. The van der Waals surface area contributed by atoms with Crippen LogP contribution in [0.25, 0.3) is 0 Å². The Morgan fingerprint density at radius 2 is 0.667 bits per heavy atom. The quantitative estimate of drug-likeness (QED) is 0.0263. The standard InChI is InChI=1S/C57H92O6/c1-4-7-10-13-16-19-21-23-25-26-27-28-29-30-32-33-35-38-41-44-47-50-56(59)62-53-54(52-61-55(58)49-46-43-40-37-18-15-12-9-6-3)63-57(60)51-48-45-42-39-36-34-31-24-22-20-17-14-11-8-5-2/h7-8,10-11,16-17,19-20,23-25,27-28,31,36,39,45,48,54H,4-6,9,12-15,18,21-22,26,29-30,32-35,37-38,40-44,46-47,49-53H2,1-3H3/b10-7-,11-8-,19-16-,20-17-,25-23-,28-27-,31-24-,39-36-,48-45-. The van der Waals surface area contributed by atoms with Gasteiger partial charge < -0.3 is 14.2 Å². The molecule has 0 aliphatic heterocycles. The molecule has 0 heterocycles. The molecule has 356 valence electrons. The van der Waals surface area contributed by atoms with Gasteiger partial charge in [0.05, 0.1) is 6.42 Å². The van der Waals surface area contributed by atoms with Crippen LogP contribution in [-0.4, -0.2) is 37.2 Å². The van der Waals surface area contributed by atoms with E-state index in [-0.39, 0.29) is 31.6 Å². The van der Waals surface area contributed by atoms with Crippen LogP contribution in [0, 0.1) is 0 Å². The molecule has 0 radical (unpaired) electrons. The summed E-state index contributed by atoms with van der Waals surface area (Å²) in [4.78, 5) is 37.8. The highest BCUT2D eigenvalue weighted by Gasteiger charge is 2.19. The molecule has 0 amide bonds. The molecule has 0 aliphatic carbocycles. The van der Waals surface area contributed by atoms with E-state index in [0.29, 0.717) is 12.8 Å². The lowest BCUT2D eigenvalue weighted by molar-refractivity contribution is -0.166. The van der Waals surface area contributed by atoms with E-state index >= 15 is 0 Å². The summed E-state index contributed by atoms with van der Waals surface area (Å²) < 4.78 is 16.6. The van der Waals surface area contributed by atoms with Crippen molar-refractivity contribution < 1.29 is 28.6 Å². The Hall–Kier alpha value is -3.93. The number of unbranched alkanes of at least 4 members (excludes halogenated alkanes) is 16. The van der Waals surface area contributed by atoms with Crippen LogP contribution < -0.4 is 0 Å². The van der Waals surface area contributed by atoms with Gasteiger partial charge in [-0.1, -0.05) is 220 Å². The second-order valence-corrected chi connectivity index (χ2v) is 16.3. The molecule has 1 unspecified atom stereocenters. The number of allylic oxidation sites excluding steroid dienone is 17. The van der Waals surface area contributed by atoms with Crippen molar-refractivity contribution in [3.05, 3.63) is 109 Å². The van der Waals surface area contributed by atoms with E-state index in [1.807, 2.05) is 6.08 Å². The highest BCUT2D eigenvalue weighted by molar-refractivity contribution is 5.72. The van der Waals surface area contributed by atoms with Crippen LogP contribution >= 0.6 is 0 Å². The molecule has 0 aromatic rings. The van der Waals surface area contributed by atoms with Crippen molar-refractivity contribution in [1.29, 1.82) is 0 Å². The van der Waals surface area contributed by atoms with Gasteiger partial charge in [0.1, 0.15) is 13.2 Å². The molecule has 1 atom stereocenters. The van der Waals surface area contributed by atoms with Crippen LogP contribution in [0.15, 0.2) is 109 Å². The lowest BCUT2D eigenvalue weighted by Gasteiger charge is -2.18. The lowest BCUT2D eigenvalue weighted by atomic mass is 10.1. The second kappa shape index (κ2) is 50.7. The van der Waals surface area contributed by atoms with E-state index in [2.05, 4.69) is 118 Å². The average molecular weight is 873 g/mol. The van der Waals surface area contributed by atoms with E-state index < -0.39 is 12.1 Å². The van der Waals surface area contributed by atoms with Crippen molar-refractivity contribution in [2.24, 2.45) is 0 Å². The molecule has 0 rings (SSSR count). The Morgan fingerprint density at radius 1 is 0.349 bits per heavy atom. The summed E-state index contributed by atoms with van der Waals surface area (Å²) in [5, 5.41) is 0. The van der Waals surface area contributed by atoms with E-state index in [0.717, 1.165) is 103 Å². The number of rotatable bonds is 44. The van der Waals surface area contributed by atoms with Crippen LogP contribution in [0.2, 0.25) is 0 Å². The van der Waals surface area contributed by atoms with Gasteiger partial charge in [-0.05, 0) is 83.5 Å². The Bertz CT molecular complexity index is 1330. The summed E-state index contributed by atoms with van der Waals surface area (Å²) >= 11 is 0. The predicted molar refractivity (Wildman–Crippen MR) is 270 cm³/mol. The van der Waals surface area contributed by atoms with Crippen LogP contribution in [0.4, 0.5) is 0 Å². The third-order valence-electron chi connectivity index (χ3n) is 10.3. The summed E-state index contributed by atoms with van der Waals surface area (Å²) in [5.74, 6) is -1.07. The third-order valence-corrected chi connectivity index (χ3v) is 10.3. The average Bonchev–Trinajstić information content (AvgIpc) is 3.28. The van der Waals surface area contributed by atoms with Gasteiger partial charge in [0.25, 0.3) is 0 Å². The van der Waals surface area contributed by atoms with Gasteiger partial charge in [0, 0.05) is 12.8 Å². The maximum Gasteiger partial charge on any atom is 0.310 e. The van der Waals surface area contributed by atoms with Crippen molar-refractivity contribution >= 4 is 17.9 Å². The van der Waals surface area contributed by atoms with Gasteiger partial charge in [0.2, 0.25) is 0 Å². The van der Waals surface area contributed by atoms with Crippen LogP contribution in [0.3, 0.4) is 0 Å². The first-order valence-corrected chi connectivity index (χ1v) is 25.4. The van der Waals surface area contributed by atoms with E-state index in [9.17, 15) is 14.4 Å². The molecule has 0 spiro atoms. The minimum atomic E-state index is -0.834. The smallest absolute Gasteiger partial charge is 0.310 e. The number of carbonyl (C=O) groups is 3. The number of hydrogen-bond donors (Lipinski definition) is 0. The first-order chi connectivity index (χ1) is 31.0. The summed E-state index contributed by atoms with van der Waals surface area (Å²) in [5.41, 5.74) is 0. The summed E-state index contributed by atoms with van der Waals surface area (Å²) in [6.45, 7) is 6.28. The topological polar surface area (TPSA) is 78.9 Å². The van der Waals surface area contributed by atoms with Crippen LogP contribution in [0.5, 0.6) is 0 Å². The predicted octanol–water partition coefficient (Wildman–Crippen LogP) is 16.8. The fourth-order valence-corrected chi connectivity index (χ4v) is 6.57. The highest BCUT2D eigenvalue weighted by atomic mass is 16.6. The van der Waals surface area contributed by atoms with Gasteiger partial charge >= 0.3 is 17.9 Å². The molecule has 0 aromatic heterocycles. The Kier molecular flexibility index (Phi) is 47.5. The maximum atomic E-state index is 12.7. The molecule has 0 saturated carbocycles. The zero-order valence-corrected chi connectivity index (χ0v) is 40.5. The van der Waals surface area contributed by atoms with Gasteiger partial charge in [-0.2, -0.15) is 0 Å². The molecule has 0 aromatic carbocycles. The van der Waals surface area contributed by atoms with Gasteiger partial charge in [-0.3, -0.25) is 14.4 Å². The largest absolute Gasteiger partial charge is 0.462 e. The summed E-state index contributed by atoms with van der Waals surface area (Å²) in [7, 11) is 0. The molecule has 63 heavy (non-hydrogen) atoms. The summed E-state index contributed by atoms with van der Waals surface area (Å²) in [6, 6.07) is 0. The molecule has 0 fully saturated rings. The summed E-state index contributed by atoms with van der Waals surface area (Å²) in [6.07, 6.45) is 68.2. The number of ether oxygens (including phenoxy) is 3. The zero-order chi connectivity index (χ0) is 45.8. The Labute approximate surface area is 387 Å².